The van der Waals surface area contributed by atoms with Crippen molar-refractivity contribution in [2.24, 2.45) is 0 Å². The van der Waals surface area contributed by atoms with Crippen LogP contribution < -0.4 is 5.56 Å². The molecule has 1 fully saturated rings. The molecule has 4 unspecified atom stereocenters. The van der Waals surface area contributed by atoms with Crippen molar-refractivity contribution in [3.05, 3.63) is 27.9 Å². The van der Waals surface area contributed by atoms with E-state index in [-0.39, 0.29) is 12.2 Å². The Bertz CT molecular complexity index is 475. The molecule has 2 rings (SSSR count). The molecule has 4 atom stereocenters. The van der Waals surface area contributed by atoms with Crippen molar-refractivity contribution in [2.75, 3.05) is 13.7 Å². The highest BCUT2D eigenvalue weighted by Gasteiger charge is 2.45. The van der Waals surface area contributed by atoms with Gasteiger partial charge in [-0.1, -0.05) is 0 Å². The van der Waals surface area contributed by atoms with E-state index in [9.17, 15) is 9.90 Å². The minimum atomic E-state index is -0.931. The Morgan fingerprint density at radius 2 is 2.33 bits per heavy atom. The van der Waals surface area contributed by atoms with E-state index in [0.29, 0.717) is 11.4 Å². The zero-order valence-corrected chi connectivity index (χ0v) is 10.2. The van der Waals surface area contributed by atoms with Crippen LogP contribution in [0, 0.1) is 6.92 Å². The van der Waals surface area contributed by atoms with Crippen molar-refractivity contribution in [3.63, 3.8) is 0 Å². The third-order valence-electron chi connectivity index (χ3n) is 3.06. The molecule has 0 aliphatic carbocycles. The lowest BCUT2D eigenvalue weighted by Gasteiger charge is -2.18. The van der Waals surface area contributed by atoms with Crippen LogP contribution in [0.3, 0.4) is 0 Å². The molecule has 7 nitrogen and oxygen atoms in total. The van der Waals surface area contributed by atoms with E-state index in [1.807, 2.05) is 0 Å². The van der Waals surface area contributed by atoms with Gasteiger partial charge in [-0.25, -0.2) is 4.98 Å². The quantitative estimate of drug-likeness (QED) is 0.633. The smallest absolute Gasteiger partial charge is 0.269 e. The van der Waals surface area contributed by atoms with Crippen molar-refractivity contribution >= 4 is 0 Å². The minimum Gasteiger partial charge on any atom is -0.394 e. The fourth-order valence-corrected chi connectivity index (χ4v) is 2.06. The molecular formula is C11H16N2O5. The summed E-state index contributed by atoms with van der Waals surface area (Å²) in [5.74, 6) is 0. The molecule has 100 valence electrons. The molecule has 0 amide bonds. The first-order valence-corrected chi connectivity index (χ1v) is 5.62. The Labute approximate surface area is 103 Å². The zero-order valence-electron chi connectivity index (χ0n) is 10.2. The zero-order chi connectivity index (χ0) is 13.3. The molecule has 1 aromatic rings. The van der Waals surface area contributed by atoms with E-state index < -0.39 is 24.4 Å². The Morgan fingerprint density at radius 1 is 1.61 bits per heavy atom. The summed E-state index contributed by atoms with van der Waals surface area (Å²) < 4.78 is 10.7. The third-order valence-corrected chi connectivity index (χ3v) is 3.06. The molecule has 0 aromatic carbocycles. The molecule has 1 aliphatic heterocycles. The highest BCUT2D eigenvalue weighted by Crippen LogP contribution is 2.33. The van der Waals surface area contributed by atoms with Crippen LogP contribution in [-0.4, -0.2) is 52.2 Å². The maximum Gasteiger partial charge on any atom is 0.269 e. The fourth-order valence-electron chi connectivity index (χ4n) is 2.06. The monoisotopic (exact) mass is 256 g/mol. The van der Waals surface area contributed by atoms with Crippen molar-refractivity contribution in [3.8, 4) is 0 Å². The van der Waals surface area contributed by atoms with Crippen LogP contribution in [0.2, 0.25) is 0 Å². The van der Waals surface area contributed by atoms with Crippen LogP contribution in [0.15, 0.2) is 11.0 Å². The number of aromatic amines is 1. The Morgan fingerprint density at radius 3 is 2.89 bits per heavy atom. The fraction of sp³-hybridized carbons (Fsp3) is 0.636. The second-order valence-corrected chi connectivity index (χ2v) is 4.21. The van der Waals surface area contributed by atoms with E-state index >= 15 is 0 Å². The van der Waals surface area contributed by atoms with Gasteiger partial charge >= 0.3 is 0 Å². The summed E-state index contributed by atoms with van der Waals surface area (Å²) in [7, 11) is 1.45. The molecule has 1 aliphatic rings. The number of rotatable bonds is 3. The number of H-pyrrole nitrogens is 1. The Hall–Kier alpha value is -1.28. The highest BCUT2D eigenvalue weighted by atomic mass is 16.6. The van der Waals surface area contributed by atoms with Crippen LogP contribution in [-0.2, 0) is 9.47 Å². The second-order valence-electron chi connectivity index (χ2n) is 4.21. The van der Waals surface area contributed by atoms with Gasteiger partial charge in [0.05, 0.1) is 12.3 Å². The van der Waals surface area contributed by atoms with E-state index in [1.165, 1.54) is 13.3 Å². The summed E-state index contributed by atoms with van der Waals surface area (Å²) in [6.45, 7) is 1.28. The average Bonchev–Trinajstić information content (AvgIpc) is 2.69. The summed E-state index contributed by atoms with van der Waals surface area (Å²) in [5.41, 5.74) is 0.506. The largest absolute Gasteiger partial charge is 0.394 e. The Balaban J connectivity index is 2.31. The van der Waals surface area contributed by atoms with E-state index in [2.05, 4.69) is 9.97 Å². The van der Waals surface area contributed by atoms with Gasteiger partial charge in [-0.05, 0) is 6.92 Å². The van der Waals surface area contributed by atoms with Gasteiger partial charge in [0, 0.05) is 13.3 Å². The molecule has 0 radical (unpaired) electrons. The molecule has 0 spiro atoms. The topological polar surface area (TPSA) is 105 Å². The molecule has 0 saturated carbocycles. The summed E-state index contributed by atoms with van der Waals surface area (Å²) in [6, 6.07) is 0. The highest BCUT2D eigenvalue weighted by molar-refractivity contribution is 5.11. The number of methoxy groups -OCH3 is 1. The lowest BCUT2D eigenvalue weighted by Crippen LogP contribution is -2.34. The Kier molecular flexibility index (Phi) is 3.76. The minimum absolute atomic E-state index is 0.273. The standard InChI is InChI=1S/C11H16N2O5/c1-5-11(16)12-3-6(13-5)9-10(17-2)8(15)7(4-14)18-9/h3,7-10,14-15H,4H2,1-2H3,(H,12,16). The predicted octanol–water partition coefficient (Wildman–Crippen LogP) is -1.11. The molecule has 3 N–H and O–H groups in total. The molecule has 7 heteroatoms. The first-order valence-electron chi connectivity index (χ1n) is 5.62. The maximum absolute atomic E-state index is 11.2. The average molecular weight is 256 g/mol. The first kappa shape index (κ1) is 13.2. The summed E-state index contributed by atoms with van der Waals surface area (Å²) in [6.07, 6.45) is -1.45. The molecular weight excluding hydrogens is 240 g/mol. The normalized spacial score (nSPS) is 31.8. The van der Waals surface area contributed by atoms with E-state index in [1.54, 1.807) is 6.92 Å². The van der Waals surface area contributed by atoms with Crippen molar-refractivity contribution < 1.29 is 19.7 Å². The number of hydrogen-bond acceptors (Lipinski definition) is 6. The van der Waals surface area contributed by atoms with Gasteiger partial charge in [0.15, 0.2) is 0 Å². The van der Waals surface area contributed by atoms with Crippen LogP contribution in [0.5, 0.6) is 0 Å². The van der Waals surface area contributed by atoms with Gasteiger partial charge in [0.1, 0.15) is 30.1 Å². The first-order chi connectivity index (χ1) is 8.58. The maximum atomic E-state index is 11.2. The van der Waals surface area contributed by atoms with Crippen molar-refractivity contribution in [2.45, 2.75) is 31.3 Å². The van der Waals surface area contributed by atoms with Crippen LogP contribution in [0.25, 0.3) is 0 Å². The van der Waals surface area contributed by atoms with Crippen molar-refractivity contribution in [1.29, 1.82) is 0 Å². The number of ether oxygens (including phenoxy) is 2. The number of nitrogens with zero attached hydrogens (tertiary/aromatic N) is 1. The number of hydrogen-bond donors (Lipinski definition) is 3. The molecule has 1 aromatic heterocycles. The number of aliphatic hydroxyl groups excluding tert-OH is 2. The van der Waals surface area contributed by atoms with Crippen LogP contribution in [0.4, 0.5) is 0 Å². The van der Waals surface area contributed by atoms with Gasteiger partial charge < -0.3 is 24.7 Å². The molecule has 1 saturated heterocycles. The van der Waals surface area contributed by atoms with Crippen LogP contribution in [0.1, 0.15) is 17.5 Å². The summed E-state index contributed by atoms with van der Waals surface area (Å²) in [5, 5.41) is 19.0. The van der Waals surface area contributed by atoms with Gasteiger partial charge in [-0.15, -0.1) is 0 Å². The van der Waals surface area contributed by atoms with Gasteiger partial charge in [-0.3, -0.25) is 4.79 Å². The van der Waals surface area contributed by atoms with E-state index in [4.69, 9.17) is 14.6 Å². The van der Waals surface area contributed by atoms with Crippen LogP contribution >= 0.6 is 0 Å². The third kappa shape index (κ3) is 2.17. The van der Waals surface area contributed by atoms with E-state index in [0.717, 1.165) is 0 Å². The second kappa shape index (κ2) is 5.15. The lowest BCUT2D eigenvalue weighted by atomic mass is 10.1. The van der Waals surface area contributed by atoms with Gasteiger partial charge in [0.2, 0.25) is 0 Å². The number of aryl methyl sites for hydroxylation is 1. The molecule has 18 heavy (non-hydrogen) atoms. The van der Waals surface area contributed by atoms with Crippen molar-refractivity contribution in [1.82, 2.24) is 9.97 Å². The summed E-state index contributed by atoms with van der Waals surface area (Å²) >= 11 is 0. The number of aliphatic hydroxyl groups is 2. The lowest BCUT2D eigenvalue weighted by molar-refractivity contribution is -0.0251. The number of aromatic nitrogens is 2. The van der Waals surface area contributed by atoms with Gasteiger partial charge in [-0.2, -0.15) is 0 Å². The predicted molar refractivity (Wildman–Crippen MR) is 61.1 cm³/mol. The summed E-state index contributed by atoms with van der Waals surface area (Å²) in [4.78, 5) is 17.9. The molecule has 0 bridgehead atoms. The van der Waals surface area contributed by atoms with Gasteiger partial charge in [0.25, 0.3) is 5.56 Å². The SMILES string of the molecule is COC1C(c2c[nH]c(=O)c(C)n2)OC(CO)C1O. The molecule has 2 heterocycles. The number of nitrogens with one attached hydrogen (secondary N) is 1.